The van der Waals surface area contributed by atoms with Gasteiger partial charge in [0, 0.05) is 31.6 Å². The third kappa shape index (κ3) is 2.00. The number of hydrogen-bond acceptors (Lipinski definition) is 4. The van der Waals surface area contributed by atoms with E-state index in [0.717, 1.165) is 24.4 Å². The lowest BCUT2D eigenvalue weighted by Gasteiger charge is -2.06. The van der Waals surface area contributed by atoms with Crippen molar-refractivity contribution >= 4 is 16.5 Å². The van der Waals surface area contributed by atoms with Crippen LogP contribution in [0.15, 0.2) is 6.20 Å². The molecule has 0 radical (unpaired) electrons. The molecule has 0 aromatic carbocycles. The third-order valence-corrected chi connectivity index (χ3v) is 3.42. The molecule has 13 heavy (non-hydrogen) atoms. The second kappa shape index (κ2) is 2.96. The highest BCUT2D eigenvalue weighted by molar-refractivity contribution is 7.15. The summed E-state index contributed by atoms with van der Waals surface area (Å²) in [5, 5.41) is 10.7. The van der Waals surface area contributed by atoms with Gasteiger partial charge in [0.2, 0.25) is 0 Å². The lowest BCUT2D eigenvalue weighted by molar-refractivity contribution is 0.152. The maximum absolute atomic E-state index is 9.70. The van der Waals surface area contributed by atoms with E-state index in [4.69, 9.17) is 0 Å². The molecule has 1 N–H and O–H groups in total. The Morgan fingerprint density at radius 1 is 1.62 bits per heavy atom. The fourth-order valence-electron chi connectivity index (χ4n) is 1.23. The Hall–Kier alpha value is -0.610. The molecule has 0 saturated heterocycles. The average Bonchev–Trinajstić information content (AvgIpc) is 2.62. The van der Waals surface area contributed by atoms with Crippen molar-refractivity contribution in [2.24, 2.45) is 0 Å². The normalized spacial score (nSPS) is 18.7. The first-order valence-corrected chi connectivity index (χ1v) is 5.25. The van der Waals surface area contributed by atoms with Gasteiger partial charge in [-0.2, -0.15) is 0 Å². The van der Waals surface area contributed by atoms with E-state index in [2.05, 4.69) is 4.98 Å². The molecule has 3 nitrogen and oxygen atoms in total. The van der Waals surface area contributed by atoms with E-state index < -0.39 is 5.60 Å². The van der Waals surface area contributed by atoms with Crippen molar-refractivity contribution < 1.29 is 5.11 Å². The monoisotopic (exact) mass is 198 g/mol. The summed E-state index contributed by atoms with van der Waals surface area (Å²) in [6.07, 6.45) is 4.54. The zero-order valence-corrected chi connectivity index (χ0v) is 8.77. The quantitative estimate of drug-likeness (QED) is 0.794. The summed E-state index contributed by atoms with van der Waals surface area (Å²) in [6.45, 7) is 0. The van der Waals surface area contributed by atoms with Crippen LogP contribution in [-0.2, 0) is 6.42 Å². The van der Waals surface area contributed by atoms with E-state index in [1.165, 1.54) is 4.88 Å². The van der Waals surface area contributed by atoms with Gasteiger partial charge in [-0.25, -0.2) is 4.98 Å². The molecule has 0 unspecified atom stereocenters. The summed E-state index contributed by atoms with van der Waals surface area (Å²) in [5.41, 5.74) is -0.393. The Kier molecular flexibility index (Phi) is 2.04. The fraction of sp³-hybridized carbons (Fsp3) is 0.667. The van der Waals surface area contributed by atoms with Crippen molar-refractivity contribution in [2.75, 3.05) is 19.0 Å². The number of hydrogen-bond donors (Lipinski definition) is 1. The topological polar surface area (TPSA) is 36.4 Å². The smallest absolute Gasteiger partial charge is 0.184 e. The van der Waals surface area contributed by atoms with Crippen molar-refractivity contribution in [3.8, 4) is 0 Å². The second-order valence-electron chi connectivity index (χ2n) is 3.90. The molecule has 1 aliphatic rings. The van der Waals surface area contributed by atoms with E-state index in [9.17, 15) is 5.11 Å². The van der Waals surface area contributed by atoms with Crippen molar-refractivity contribution in [2.45, 2.75) is 24.9 Å². The molecule has 1 saturated carbocycles. The van der Waals surface area contributed by atoms with Gasteiger partial charge in [-0.1, -0.05) is 0 Å². The van der Waals surface area contributed by atoms with Crippen molar-refractivity contribution in [3.63, 3.8) is 0 Å². The van der Waals surface area contributed by atoms with Gasteiger partial charge < -0.3 is 10.0 Å². The molecule has 72 valence electrons. The second-order valence-corrected chi connectivity index (χ2v) is 5.00. The summed E-state index contributed by atoms with van der Waals surface area (Å²) in [4.78, 5) is 7.44. The molecular formula is C9H14N2OS. The first kappa shape index (κ1) is 8.97. The molecular weight excluding hydrogens is 184 g/mol. The van der Waals surface area contributed by atoms with Gasteiger partial charge in [0.25, 0.3) is 0 Å². The number of thiazole rings is 1. The largest absolute Gasteiger partial charge is 0.390 e. The molecule has 2 rings (SSSR count). The van der Waals surface area contributed by atoms with Gasteiger partial charge >= 0.3 is 0 Å². The SMILES string of the molecule is CN(C)c1ncc(CC2(O)CC2)s1. The standard InChI is InChI=1S/C9H14N2OS/c1-11(2)8-10-6-7(13-8)5-9(12)3-4-9/h6,12H,3-5H2,1-2H3. The molecule has 0 amide bonds. The number of nitrogens with zero attached hydrogens (tertiary/aromatic N) is 2. The summed E-state index contributed by atoms with van der Waals surface area (Å²) in [5.74, 6) is 0. The van der Waals surface area contributed by atoms with E-state index in [-0.39, 0.29) is 0 Å². The van der Waals surface area contributed by atoms with Gasteiger partial charge in [-0.05, 0) is 12.8 Å². The van der Waals surface area contributed by atoms with Crippen LogP contribution in [0.5, 0.6) is 0 Å². The molecule has 1 aromatic rings. The Morgan fingerprint density at radius 3 is 2.77 bits per heavy atom. The Morgan fingerprint density at radius 2 is 2.31 bits per heavy atom. The van der Waals surface area contributed by atoms with Crippen LogP contribution in [0, 0.1) is 0 Å². The Labute approximate surface area is 82.0 Å². The Balaban J connectivity index is 2.05. The minimum atomic E-state index is -0.393. The molecule has 0 bridgehead atoms. The molecule has 0 spiro atoms. The Bertz CT molecular complexity index is 304. The third-order valence-electron chi connectivity index (χ3n) is 2.25. The van der Waals surface area contributed by atoms with Crippen LogP contribution in [0.4, 0.5) is 5.13 Å². The maximum atomic E-state index is 9.70. The number of rotatable bonds is 3. The number of anilines is 1. The highest BCUT2D eigenvalue weighted by Gasteiger charge is 2.40. The van der Waals surface area contributed by atoms with Gasteiger partial charge in [-0.3, -0.25) is 0 Å². The zero-order valence-electron chi connectivity index (χ0n) is 7.95. The number of aromatic nitrogens is 1. The lowest BCUT2D eigenvalue weighted by atomic mass is 10.2. The molecule has 4 heteroatoms. The summed E-state index contributed by atoms with van der Waals surface area (Å²) in [6, 6.07) is 0. The van der Waals surface area contributed by atoms with Crippen molar-refractivity contribution in [1.29, 1.82) is 0 Å². The van der Waals surface area contributed by atoms with Crippen LogP contribution < -0.4 is 4.90 Å². The number of aliphatic hydroxyl groups is 1. The van der Waals surface area contributed by atoms with E-state index in [1.54, 1.807) is 11.3 Å². The summed E-state index contributed by atoms with van der Waals surface area (Å²) in [7, 11) is 3.96. The van der Waals surface area contributed by atoms with Crippen LogP contribution in [0.2, 0.25) is 0 Å². The lowest BCUT2D eigenvalue weighted by Crippen LogP contribution is -2.09. The first-order valence-electron chi connectivity index (χ1n) is 4.43. The summed E-state index contributed by atoms with van der Waals surface area (Å²) < 4.78 is 0. The molecule has 1 aromatic heterocycles. The van der Waals surface area contributed by atoms with Crippen LogP contribution >= 0.6 is 11.3 Å². The molecule has 1 fully saturated rings. The predicted octanol–water partition coefficient (Wildman–Crippen LogP) is 1.28. The molecule has 1 aliphatic carbocycles. The maximum Gasteiger partial charge on any atom is 0.184 e. The molecule has 0 atom stereocenters. The van der Waals surface area contributed by atoms with E-state index in [0.29, 0.717) is 0 Å². The van der Waals surface area contributed by atoms with E-state index >= 15 is 0 Å². The van der Waals surface area contributed by atoms with Crippen molar-refractivity contribution in [1.82, 2.24) is 4.98 Å². The summed E-state index contributed by atoms with van der Waals surface area (Å²) >= 11 is 1.66. The fourth-order valence-corrected chi connectivity index (χ4v) is 2.20. The first-order chi connectivity index (χ1) is 6.09. The van der Waals surface area contributed by atoms with Crippen LogP contribution in [-0.4, -0.2) is 29.8 Å². The van der Waals surface area contributed by atoms with Gasteiger partial charge in [0.05, 0.1) is 5.60 Å². The van der Waals surface area contributed by atoms with Crippen LogP contribution in [0.25, 0.3) is 0 Å². The molecule has 1 heterocycles. The van der Waals surface area contributed by atoms with Gasteiger partial charge in [0.15, 0.2) is 5.13 Å². The minimum Gasteiger partial charge on any atom is -0.390 e. The predicted molar refractivity (Wildman–Crippen MR) is 54.3 cm³/mol. The minimum absolute atomic E-state index is 0.393. The molecule has 0 aliphatic heterocycles. The van der Waals surface area contributed by atoms with Crippen LogP contribution in [0.3, 0.4) is 0 Å². The highest BCUT2D eigenvalue weighted by atomic mass is 32.1. The van der Waals surface area contributed by atoms with Crippen LogP contribution in [0.1, 0.15) is 17.7 Å². The average molecular weight is 198 g/mol. The highest BCUT2D eigenvalue weighted by Crippen LogP contribution is 2.39. The van der Waals surface area contributed by atoms with E-state index in [1.807, 2.05) is 25.2 Å². The van der Waals surface area contributed by atoms with Crippen molar-refractivity contribution in [3.05, 3.63) is 11.1 Å². The zero-order chi connectivity index (χ0) is 9.47. The van der Waals surface area contributed by atoms with Gasteiger partial charge in [0.1, 0.15) is 0 Å². The van der Waals surface area contributed by atoms with Gasteiger partial charge in [-0.15, -0.1) is 11.3 Å².